The number of hydrogen-bond acceptors (Lipinski definition) is 4. The number of hydrogen-bond donors (Lipinski definition) is 1. The predicted molar refractivity (Wildman–Crippen MR) is 62.3 cm³/mol. The summed E-state index contributed by atoms with van der Waals surface area (Å²) in [6.07, 6.45) is 2.69. The van der Waals surface area contributed by atoms with Crippen LogP contribution >= 0.6 is 11.3 Å². The molecule has 2 rings (SSSR count). The smallest absolute Gasteiger partial charge is 0.122 e. The lowest BCUT2D eigenvalue weighted by Gasteiger charge is -2.07. The maximum Gasteiger partial charge on any atom is 0.122 e. The standard InChI is InChI=1S/C11H12N2OS/c1-14-11-3-2-9(12)4-8(11)5-10-6-13-7-15-10/h2-4,6-7H,5,12H2,1H3. The van der Waals surface area contributed by atoms with Crippen LogP contribution < -0.4 is 10.5 Å². The van der Waals surface area contributed by atoms with Crippen molar-refractivity contribution in [3.05, 3.63) is 40.3 Å². The van der Waals surface area contributed by atoms with Gasteiger partial charge in [-0.15, -0.1) is 11.3 Å². The summed E-state index contributed by atoms with van der Waals surface area (Å²) in [5, 5.41) is 0. The topological polar surface area (TPSA) is 48.1 Å². The van der Waals surface area contributed by atoms with Crippen LogP contribution in [0.4, 0.5) is 5.69 Å². The largest absolute Gasteiger partial charge is 0.496 e. The first-order chi connectivity index (χ1) is 7.29. The van der Waals surface area contributed by atoms with Crippen LogP contribution in [-0.4, -0.2) is 12.1 Å². The molecule has 1 aromatic carbocycles. The SMILES string of the molecule is COc1ccc(N)cc1Cc1cncs1. The van der Waals surface area contributed by atoms with Gasteiger partial charge in [-0.3, -0.25) is 4.98 Å². The first kappa shape index (κ1) is 9.98. The fourth-order valence-corrected chi connectivity index (χ4v) is 2.07. The van der Waals surface area contributed by atoms with Crippen LogP contribution in [0.2, 0.25) is 0 Å². The summed E-state index contributed by atoms with van der Waals surface area (Å²) >= 11 is 1.64. The van der Waals surface area contributed by atoms with Crippen molar-refractivity contribution in [2.24, 2.45) is 0 Å². The van der Waals surface area contributed by atoms with Gasteiger partial charge in [-0.2, -0.15) is 0 Å². The van der Waals surface area contributed by atoms with E-state index in [-0.39, 0.29) is 0 Å². The number of rotatable bonds is 3. The number of benzene rings is 1. The van der Waals surface area contributed by atoms with E-state index in [0.29, 0.717) is 0 Å². The van der Waals surface area contributed by atoms with E-state index in [9.17, 15) is 0 Å². The van der Waals surface area contributed by atoms with Crippen LogP contribution in [0, 0.1) is 0 Å². The van der Waals surface area contributed by atoms with Gasteiger partial charge in [0.15, 0.2) is 0 Å². The second-order valence-electron chi connectivity index (χ2n) is 3.22. The summed E-state index contributed by atoms with van der Waals surface area (Å²) < 4.78 is 5.28. The highest BCUT2D eigenvalue weighted by Crippen LogP contribution is 2.24. The maximum atomic E-state index is 5.74. The van der Waals surface area contributed by atoms with Crippen LogP contribution in [0.25, 0.3) is 0 Å². The highest BCUT2D eigenvalue weighted by atomic mass is 32.1. The van der Waals surface area contributed by atoms with E-state index in [1.807, 2.05) is 29.9 Å². The summed E-state index contributed by atoms with van der Waals surface area (Å²) in [6, 6.07) is 5.68. The molecule has 2 N–H and O–H groups in total. The van der Waals surface area contributed by atoms with Gasteiger partial charge >= 0.3 is 0 Å². The summed E-state index contributed by atoms with van der Waals surface area (Å²) in [5.74, 6) is 0.873. The Balaban J connectivity index is 2.30. The molecule has 2 aromatic rings. The molecule has 0 saturated heterocycles. The number of thiazole rings is 1. The molecule has 0 fully saturated rings. The Labute approximate surface area is 92.5 Å². The summed E-state index contributed by atoms with van der Waals surface area (Å²) in [6.45, 7) is 0. The van der Waals surface area contributed by atoms with Gasteiger partial charge in [0.05, 0.1) is 12.6 Å². The van der Waals surface area contributed by atoms with Gasteiger partial charge in [0.2, 0.25) is 0 Å². The molecule has 0 saturated carbocycles. The predicted octanol–water partition coefficient (Wildman–Crippen LogP) is 2.32. The molecule has 1 heterocycles. The molecule has 0 radical (unpaired) electrons. The number of nitrogens with two attached hydrogens (primary N) is 1. The van der Waals surface area contributed by atoms with Gasteiger partial charge in [0.1, 0.15) is 5.75 Å². The van der Waals surface area contributed by atoms with E-state index in [0.717, 1.165) is 23.4 Å². The number of nitrogen functional groups attached to an aromatic ring is 1. The first-order valence-corrected chi connectivity index (χ1v) is 5.47. The van der Waals surface area contributed by atoms with E-state index in [2.05, 4.69) is 4.98 Å². The highest BCUT2D eigenvalue weighted by molar-refractivity contribution is 7.09. The third kappa shape index (κ3) is 2.27. The monoisotopic (exact) mass is 220 g/mol. The summed E-state index contributed by atoms with van der Waals surface area (Å²) in [4.78, 5) is 5.25. The van der Waals surface area contributed by atoms with Crippen molar-refractivity contribution in [2.75, 3.05) is 12.8 Å². The molecule has 1 aromatic heterocycles. The summed E-state index contributed by atoms with van der Waals surface area (Å²) in [5.41, 5.74) is 9.43. The van der Waals surface area contributed by atoms with Crippen molar-refractivity contribution in [1.29, 1.82) is 0 Å². The first-order valence-electron chi connectivity index (χ1n) is 4.59. The van der Waals surface area contributed by atoms with Crippen molar-refractivity contribution >= 4 is 17.0 Å². The van der Waals surface area contributed by atoms with Crippen molar-refractivity contribution in [1.82, 2.24) is 4.98 Å². The molecule has 0 aliphatic rings. The Morgan fingerprint density at radius 3 is 3.00 bits per heavy atom. The van der Waals surface area contributed by atoms with Crippen LogP contribution in [0.5, 0.6) is 5.75 Å². The number of ether oxygens (including phenoxy) is 1. The molecule has 78 valence electrons. The van der Waals surface area contributed by atoms with E-state index in [4.69, 9.17) is 10.5 Å². The number of anilines is 1. The Morgan fingerprint density at radius 2 is 2.33 bits per heavy atom. The molecule has 0 unspecified atom stereocenters. The van der Waals surface area contributed by atoms with Crippen molar-refractivity contribution in [3.63, 3.8) is 0 Å². The molecule has 0 amide bonds. The molecule has 3 nitrogen and oxygen atoms in total. The minimum absolute atomic E-state index is 0.760. The van der Waals surface area contributed by atoms with Gasteiger partial charge in [-0.1, -0.05) is 0 Å². The van der Waals surface area contributed by atoms with Gasteiger partial charge in [-0.25, -0.2) is 0 Å². The van der Waals surface area contributed by atoms with Gasteiger partial charge in [-0.05, 0) is 18.2 Å². The average molecular weight is 220 g/mol. The minimum atomic E-state index is 0.760. The number of aromatic nitrogens is 1. The second kappa shape index (κ2) is 4.31. The molecule has 0 aliphatic heterocycles. The van der Waals surface area contributed by atoms with E-state index in [1.54, 1.807) is 18.4 Å². The van der Waals surface area contributed by atoms with Crippen molar-refractivity contribution in [3.8, 4) is 5.75 Å². The van der Waals surface area contributed by atoms with E-state index in [1.165, 1.54) is 4.88 Å². The van der Waals surface area contributed by atoms with E-state index < -0.39 is 0 Å². The lowest BCUT2D eigenvalue weighted by Crippen LogP contribution is -1.94. The van der Waals surface area contributed by atoms with Crippen LogP contribution in [0.15, 0.2) is 29.9 Å². The number of methoxy groups -OCH3 is 1. The average Bonchev–Trinajstić information content (AvgIpc) is 2.71. The second-order valence-corrected chi connectivity index (χ2v) is 4.19. The van der Waals surface area contributed by atoms with Crippen LogP contribution in [0.1, 0.15) is 10.4 Å². The fourth-order valence-electron chi connectivity index (χ4n) is 1.45. The zero-order valence-electron chi connectivity index (χ0n) is 8.43. The Bertz CT molecular complexity index is 440. The fraction of sp³-hybridized carbons (Fsp3) is 0.182. The maximum absolute atomic E-state index is 5.74. The van der Waals surface area contributed by atoms with Crippen LogP contribution in [-0.2, 0) is 6.42 Å². The normalized spacial score (nSPS) is 10.2. The highest BCUT2D eigenvalue weighted by Gasteiger charge is 2.05. The molecule has 4 heteroatoms. The van der Waals surface area contributed by atoms with Gasteiger partial charge in [0.25, 0.3) is 0 Å². The quantitative estimate of drug-likeness (QED) is 0.807. The molecule has 0 spiro atoms. The molecule has 0 bridgehead atoms. The van der Waals surface area contributed by atoms with Gasteiger partial charge < -0.3 is 10.5 Å². The molecular formula is C11H12N2OS. The van der Waals surface area contributed by atoms with Crippen molar-refractivity contribution in [2.45, 2.75) is 6.42 Å². The lowest BCUT2D eigenvalue weighted by molar-refractivity contribution is 0.410. The Kier molecular flexibility index (Phi) is 2.87. The molecule has 0 atom stereocenters. The Hall–Kier alpha value is -1.55. The third-order valence-electron chi connectivity index (χ3n) is 2.15. The molecular weight excluding hydrogens is 208 g/mol. The number of nitrogens with zero attached hydrogens (tertiary/aromatic N) is 1. The summed E-state index contributed by atoms with van der Waals surface area (Å²) in [7, 11) is 1.67. The molecule has 15 heavy (non-hydrogen) atoms. The lowest BCUT2D eigenvalue weighted by atomic mass is 10.1. The van der Waals surface area contributed by atoms with Gasteiger partial charge in [0, 0.05) is 28.7 Å². The third-order valence-corrected chi connectivity index (χ3v) is 2.93. The molecule has 0 aliphatic carbocycles. The zero-order chi connectivity index (χ0) is 10.7. The van der Waals surface area contributed by atoms with Crippen molar-refractivity contribution < 1.29 is 4.74 Å². The zero-order valence-corrected chi connectivity index (χ0v) is 9.25. The van der Waals surface area contributed by atoms with E-state index >= 15 is 0 Å². The minimum Gasteiger partial charge on any atom is -0.496 e. The van der Waals surface area contributed by atoms with Crippen LogP contribution in [0.3, 0.4) is 0 Å². The Morgan fingerprint density at radius 1 is 1.47 bits per heavy atom.